The van der Waals surface area contributed by atoms with E-state index in [4.69, 9.17) is 25.6 Å². The summed E-state index contributed by atoms with van der Waals surface area (Å²) in [5.74, 6) is 0.348. The molecule has 0 saturated carbocycles. The number of amides is 1. The zero-order valence-electron chi connectivity index (χ0n) is 10.8. The molecule has 0 bridgehead atoms. The number of halogens is 1. The highest BCUT2D eigenvalue weighted by molar-refractivity contribution is 6.29. The van der Waals surface area contributed by atoms with Crippen LogP contribution in [-0.4, -0.2) is 37.0 Å². The number of nitrogens with one attached hydrogen (secondary N) is 1. The molecule has 0 aromatic carbocycles. The lowest BCUT2D eigenvalue weighted by Crippen LogP contribution is -2.39. The lowest BCUT2D eigenvalue weighted by Gasteiger charge is -2.12. The molecule has 6 nitrogen and oxygen atoms in total. The average molecular weight is 299 g/mol. The molecule has 0 spiro atoms. The Kier molecular flexibility index (Phi) is 3.93. The third-order valence-electron chi connectivity index (χ3n) is 3.35. The number of furan rings is 1. The minimum atomic E-state index is -0.615. The van der Waals surface area contributed by atoms with E-state index in [2.05, 4.69) is 10.5 Å². The number of carbonyl (C=O) groups excluding carboxylic acids is 1. The van der Waals surface area contributed by atoms with Crippen LogP contribution < -0.4 is 5.32 Å². The Balaban J connectivity index is 1.49. The topological polar surface area (TPSA) is 73.1 Å². The molecule has 2 aliphatic heterocycles. The van der Waals surface area contributed by atoms with Gasteiger partial charge in [0.25, 0.3) is 5.91 Å². The minimum Gasteiger partial charge on any atom is -0.443 e. The second-order valence-electron chi connectivity index (χ2n) is 4.82. The summed E-state index contributed by atoms with van der Waals surface area (Å²) >= 11 is 5.70. The van der Waals surface area contributed by atoms with Crippen molar-refractivity contribution in [2.45, 2.75) is 31.5 Å². The third kappa shape index (κ3) is 2.96. The van der Waals surface area contributed by atoms with E-state index in [1.807, 2.05) is 0 Å². The van der Waals surface area contributed by atoms with Crippen LogP contribution in [0, 0.1) is 0 Å². The first-order valence-electron chi connectivity index (χ1n) is 6.60. The number of nitrogens with zero attached hydrogens (tertiary/aromatic N) is 1. The second kappa shape index (κ2) is 5.85. The van der Waals surface area contributed by atoms with Crippen LogP contribution in [0.5, 0.6) is 0 Å². The number of ether oxygens (including phenoxy) is 1. The fourth-order valence-corrected chi connectivity index (χ4v) is 2.41. The van der Waals surface area contributed by atoms with Crippen molar-refractivity contribution in [1.29, 1.82) is 0 Å². The molecule has 1 aromatic heterocycles. The van der Waals surface area contributed by atoms with Gasteiger partial charge in [-0.05, 0) is 36.6 Å². The summed E-state index contributed by atoms with van der Waals surface area (Å²) < 4.78 is 10.7. The van der Waals surface area contributed by atoms with Gasteiger partial charge in [-0.25, -0.2) is 0 Å². The third-order valence-corrected chi connectivity index (χ3v) is 3.55. The fraction of sp³-hybridized carbons (Fsp3) is 0.538. The van der Waals surface area contributed by atoms with Crippen molar-refractivity contribution < 1.29 is 18.8 Å². The van der Waals surface area contributed by atoms with Crippen molar-refractivity contribution >= 4 is 23.2 Å². The molecule has 0 aliphatic carbocycles. The van der Waals surface area contributed by atoms with Gasteiger partial charge < -0.3 is 19.3 Å². The van der Waals surface area contributed by atoms with Crippen LogP contribution >= 0.6 is 11.6 Å². The van der Waals surface area contributed by atoms with E-state index < -0.39 is 6.10 Å². The molecule has 1 aromatic rings. The molecule has 3 heterocycles. The van der Waals surface area contributed by atoms with E-state index in [9.17, 15) is 4.79 Å². The van der Waals surface area contributed by atoms with Crippen molar-refractivity contribution in [2.75, 3.05) is 13.2 Å². The van der Waals surface area contributed by atoms with Crippen molar-refractivity contribution in [3.63, 3.8) is 0 Å². The first kappa shape index (κ1) is 13.5. The lowest BCUT2D eigenvalue weighted by molar-refractivity contribution is -0.131. The molecule has 1 amide bonds. The van der Waals surface area contributed by atoms with Crippen LogP contribution in [0.25, 0.3) is 0 Å². The number of rotatable bonds is 4. The molecular weight excluding hydrogens is 284 g/mol. The Bertz CT molecular complexity index is 522. The van der Waals surface area contributed by atoms with Gasteiger partial charge in [0.1, 0.15) is 5.71 Å². The normalized spacial score (nSPS) is 25.4. The van der Waals surface area contributed by atoms with E-state index in [1.165, 1.54) is 0 Å². The van der Waals surface area contributed by atoms with E-state index in [-0.39, 0.29) is 17.2 Å². The number of oxime groups is 1. The quantitative estimate of drug-likeness (QED) is 0.918. The van der Waals surface area contributed by atoms with E-state index in [0.717, 1.165) is 19.4 Å². The maximum absolute atomic E-state index is 12.0. The predicted octanol–water partition coefficient (Wildman–Crippen LogP) is 1.72. The Morgan fingerprint density at radius 1 is 1.50 bits per heavy atom. The van der Waals surface area contributed by atoms with Crippen LogP contribution in [0.3, 0.4) is 0 Å². The average Bonchev–Trinajstić information content (AvgIpc) is 3.16. The molecular formula is C13H15ClN2O4. The molecule has 7 heteroatoms. The van der Waals surface area contributed by atoms with Crippen molar-refractivity contribution in [3.8, 4) is 0 Å². The monoisotopic (exact) mass is 298 g/mol. The summed E-state index contributed by atoms with van der Waals surface area (Å²) in [6.07, 6.45) is 1.91. The van der Waals surface area contributed by atoms with Crippen LogP contribution in [0.2, 0.25) is 5.22 Å². The molecule has 0 unspecified atom stereocenters. The zero-order chi connectivity index (χ0) is 13.9. The zero-order valence-corrected chi connectivity index (χ0v) is 11.6. The molecule has 2 aliphatic rings. The fourth-order valence-electron chi connectivity index (χ4n) is 2.27. The predicted molar refractivity (Wildman–Crippen MR) is 71.7 cm³/mol. The standard InChI is InChI=1S/C13H15ClN2O4/c14-12-4-3-10(19-12)9-6-11(20-16-9)13(17)15-7-8-2-1-5-18-8/h3-4,8,11H,1-2,5-7H2,(H,15,17)/t8-,11+/m0/s1. The van der Waals surface area contributed by atoms with Crippen LogP contribution in [0.15, 0.2) is 21.7 Å². The van der Waals surface area contributed by atoms with Crippen molar-refractivity contribution in [2.24, 2.45) is 5.16 Å². The van der Waals surface area contributed by atoms with Gasteiger partial charge in [0, 0.05) is 19.6 Å². The van der Waals surface area contributed by atoms with Gasteiger partial charge in [-0.2, -0.15) is 0 Å². The van der Waals surface area contributed by atoms with Crippen LogP contribution in [0.4, 0.5) is 0 Å². The molecule has 108 valence electrons. The van der Waals surface area contributed by atoms with Gasteiger partial charge in [-0.1, -0.05) is 5.16 Å². The summed E-state index contributed by atoms with van der Waals surface area (Å²) in [4.78, 5) is 17.1. The molecule has 3 rings (SSSR count). The summed E-state index contributed by atoms with van der Waals surface area (Å²) in [6, 6.07) is 3.33. The highest BCUT2D eigenvalue weighted by Gasteiger charge is 2.30. The number of hydrogen-bond donors (Lipinski definition) is 1. The van der Waals surface area contributed by atoms with E-state index in [1.54, 1.807) is 12.1 Å². The largest absolute Gasteiger partial charge is 0.443 e. The van der Waals surface area contributed by atoms with E-state index >= 15 is 0 Å². The summed E-state index contributed by atoms with van der Waals surface area (Å²) in [6.45, 7) is 1.29. The molecule has 2 atom stereocenters. The molecule has 1 saturated heterocycles. The first-order valence-corrected chi connectivity index (χ1v) is 6.98. The van der Waals surface area contributed by atoms with Crippen LogP contribution in [0.1, 0.15) is 25.0 Å². The Morgan fingerprint density at radius 3 is 3.10 bits per heavy atom. The summed E-state index contributed by atoms with van der Waals surface area (Å²) in [5.41, 5.74) is 0.592. The van der Waals surface area contributed by atoms with Crippen molar-refractivity contribution in [1.82, 2.24) is 5.32 Å². The summed E-state index contributed by atoms with van der Waals surface area (Å²) in [7, 11) is 0. The van der Waals surface area contributed by atoms with Crippen LogP contribution in [-0.2, 0) is 14.4 Å². The molecule has 20 heavy (non-hydrogen) atoms. The maximum atomic E-state index is 12.0. The maximum Gasteiger partial charge on any atom is 0.264 e. The van der Waals surface area contributed by atoms with Gasteiger partial charge >= 0.3 is 0 Å². The minimum absolute atomic E-state index is 0.115. The smallest absolute Gasteiger partial charge is 0.264 e. The molecule has 1 fully saturated rings. The van der Waals surface area contributed by atoms with Gasteiger partial charge in [-0.15, -0.1) is 0 Å². The highest BCUT2D eigenvalue weighted by Crippen LogP contribution is 2.21. The molecule has 0 radical (unpaired) electrons. The van der Waals surface area contributed by atoms with Gasteiger partial charge in [0.2, 0.25) is 6.10 Å². The molecule has 1 N–H and O–H groups in total. The lowest BCUT2D eigenvalue weighted by atomic mass is 10.1. The summed E-state index contributed by atoms with van der Waals surface area (Å²) in [5, 5.41) is 6.98. The SMILES string of the molecule is O=C(NC[C@@H]1CCCO1)[C@H]1CC(c2ccc(Cl)o2)=NO1. The highest BCUT2D eigenvalue weighted by atomic mass is 35.5. The Hall–Kier alpha value is -1.53. The van der Waals surface area contributed by atoms with Gasteiger partial charge in [-0.3, -0.25) is 4.79 Å². The second-order valence-corrected chi connectivity index (χ2v) is 5.19. The van der Waals surface area contributed by atoms with Crippen molar-refractivity contribution in [3.05, 3.63) is 23.1 Å². The Labute approximate surface area is 121 Å². The number of hydrogen-bond acceptors (Lipinski definition) is 5. The Morgan fingerprint density at radius 2 is 2.40 bits per heavy atom. The first-order chi connectivity index (χ1) is 9.72. The van der Waals surface area contributed by atoms with E-state index in [0.29, 0.717) is 24.4 Å². The number of carbonyl (C=O) groups is 1. The van der Waals surface area contributed by atoms with Gasteiger partial charge in [0.05, 0.1) is 6.10 Å². The van der Waals surface area contributed by atoms with Gasteiger partial charge in [0.15, 0.2) is 11.0 Å².